The van der Waals surface area contributed by atoms with E-state index in [9.17, 15) is 9.90 Å². The summed E-state index contributed by atoms with van der Waals surface area (Å²) in [6.45, 7) is 4.16. The van der Waals surface area contributed by atoms with Crippen LogP contribution in [0, 0.1) is 13.8 Å². The molecule has 0 unspecified atom stereocenters. The van der Waals surface area contributed by atoms with Gasteiger partial charge in [-0.3, -0.25) is 4.79 Å². The Bertz CT molecular complexity index is 928. The number of rotatable bonds is 5. The molecule has 0 saturated heterocycles. The van der Waals surface area contributed by atoms with E-state index >= 15 is 0 Å². The van der Waals surface area contributed by atoms with Crippen LogP contribution in [0.2, 0.25) is 5.02 Å². The van der Waals surface area contributed by atoms with Crippen molar-refractivity contribution >= 4 is 23.2 Å². The number of phenolic OH excluding ortho intramolecular Hbond substituents is 1. The second-order valence-corrected chi connectivity index (χ2v) is 6.33. The number of hydrogen-bond donors (Lipinski definition) is 2. The first kappa shape index (κ1) is 17.9. The van der Waals surface area contributed by atoms with Gasteiger partial charge in [-0.15, -0.1) is 0 Å². The summed E-state index contributed by atoms with van der Waals surface area (Å²) in [5.74, 6) is 0.880. The number of carbonyl (C=O) groups is 1. The molecule has 1 amide bonds. The maximum atomic E-state index is 12.3. The lowest BCUT2D eigenvalue weighted by molar-refractivity contribution is 0.0992. The maximum absolute atomic E-state index is 12.3. The van der Waals surface area contributed by atoms with Gasteiger partial charge in [0, 0.05) is 5.02 Å². The predicted molar refractivity (Wildman–Crippen MR) is 100 cm³/mol. The van der Waals surface area contributed by atoms with Crippen LogP contribution in [-0.2, 0) is 6.61 Å². The van der Waals surface area contributed by atoms with Crippen molar-refractivity contribution in [2.45, 2.75) is 20.5 Å². The number of halogens is 1. The highest BCUT2D eigenvalue weighted by Crippen LogP contribution is 2.27. The van der Waals surface area contributed by atoms with E-state index in [-0.39, 0.29) is 23.8 Å². The summed E-state index contributed by atoms with van der Waals surface area (Å²) in [6, 6.07) is 13.6. The van der Waals surface area contributed by atoms with Crippen LogP contribution >= 0.6 is 11.6 Å². The van der Waals surface area contributed by atoms with Gasteiger partial charge in [0.15, 0.2) is 5.76 Å². The first-order chi connectivity index (χ1) is 12.4. The molecule has 0 aliphatic heterocycles. The minimum absolute atomic E-state index is 0.0760. The van der Waals surface area contributed by atoms with Crippen LogP contribution in [0.4, 0.5) is 5.69 Å². The van der Waals surface area contributed by atoms with Gasteiger partial charge < -0.3 is 19.6 Å². The molecule has 0 radical (unpaired) electrons. The monoisotopic (exact) mass is 371 g/mol. The summed E-state index contributed by atoms with van der Waals surface area (Å²) in [5.41, 5.74) is 2.28. The smallest absolute Gasteiger partial charge is 0.291 e. The highest BCUT2D eigenvalue weighted by molar-refractivity contribution is 6.31. The first-order valence-corrected chi connectivity index (χ1v) is 8.39. The van der Waals surface area contributed by atoms with Crippen molar-refractivity contribution in [2.75, 3.05) is 5.32 Å². The second kappa shape index (κ2) is 7.54. The fourth-order valence-corrected chi connectivity index (χ4v) is 2.71. The van der Waals surface area contributed by atoms with Gasteiger partial charge in [0.1, 0.15) is 23.9 Å². The van der Waals surface area contributed by atoms with Gasteiger partial charge in [-0.2, -0.15) is 0 Å². The molecule has 3 aromatic rings. The van der Waals surface area contributed by atoms with E-state index in [0.29, 0.717) is 10.8 Å². The highest BCUT2D eigenvalue weighted by atomic mass is 35.5. The molecule has 0 atom stereocenters. The molecule has 134 valence electrons. The van der Waals surface area contributed by atoms with Crippen LogP contribution < -0.4 is 10.1 Å². The number of amides is 1. The van der Waals surface area contributed by atoms with Crippen molar-refractivity contribution in [2.24, 2.45) is 0 Å². The largest absolute Gasteiger partial charge is 0.506 e. The average molecular weight is 372 g/mol. The molecule has 3 rings (SSSR count). The molecule has 0 bridgehead atoms. The van der Waals surface area contributed by atoms with Crippen LogP contribution in [0.5, 0.6) is 11.5 Å². The molecule has 0 spiro atoms. The lowest BCUT2D eigenvalue weighted by atomic mass is 10.1. The summed E-state index contributed by atoms with van der Waals surface area (Å²) in [7, 11) is 0. The Hall–Kier alpha value is -2.92. The molecule has 2 aromatic carbocycles. The Kier molecular flexibility index (Phi) is 5.19. The van der Waals surface area contributed by atoms with Gasteiger partial charge in [0.25, 0.3) is 5.91 Å². The Morgan fingerprint density at radius 3 is 2.62 bits per heavy atom. The molecule has 2 N–H and O–H groups in total. The van der Waals surface area contributed by atoms with Crippen molar-refractivity contribution in [3.8, 4) is 11.5 Å². The van der Waals surface area contributed by atoms with Crippen molar-refractivity contribution in [3.05, 3.63) is 76.2 Å². The van der Waals surface area contributed by atoms with Crippen LogP contribution in [-0.4, -0.2) is 11.0 Å². The van der Waals surface area contributed by atoms with E-state index in [1.807, 2.05) is 32.0 Å². The van der Waals surface area contributed by atoms with Gasteiger partial charge in [-0.1, -0.05) is 29.8 Å². The molecule has 1 aromatic heterocycles. The lowest BCUT2D eigenvalue weighted by Crippen LogP contribution is -2.11. The van der Waals surface area contributed by atoms with Gasteiger partial charge in [-0.05, 0) is 55.3 Å². The molecule has 0 aliphatic rings. The summed E-state index contributed by atoms with van der Waals surface area (Å²) < 4.78 is 11.4. The van der Waals surface area contributed by atoms with Gasteiger partial charge in [-0.25, -0.2) is 0 Å². The Morgan fingerprint density at radius 2 is 1.88 bits per heavy atom. The number of phenols is 1. The van der Waals surface area contributed by atoms with Crippen LogP contribution in [0.3, 0.4) is 0 Å². The SMILES string of the molecule is Cc1cccc(C)c1OCc1ccc(C(=O)Nc2cc(Cl)ccc2O)o1. The number of furan rings is 1. The van der Waals surface area contributed by atoms with Crippen LogP contribution in [0.25, 0.3) is 0 Å². The number of nitrogens with one attached hydrogen (secondary N) is 1. The zero-order valence-electron chi connectivity index (χ0n) is 14.4. The molecule has 0 fully saturated rings. The molecular weight excluding hydrogens is 354 g/mol. The first-order valence-electron chi connectivity index (χ1n) is 8.01. The summed E-state index contributed by atoms with van der Waals surface area (Å²) in [6.07, 6.45) is 0. The van der Waals surface area contributed by atoms with Crippen molar-refractivity contribution in [1.29, 1.82) is 0 Å². The van der Waals surface area contributed by atoms with E-state index in [4.69, 9.17) is 20.8 Å². The molecule has 1 heterocycles. The van der Waals surface area contributed by atoms with E-state index in [2.05, 4.69) is 5.32 Å². The van der Waals surface area contributed by atoms with Crippen LogP contribution in [0.15, 0.2) is 52.9 Å². The quantitative estimate of drug-likeness (QED) is 0.613. The average Bonchev–Trinajstić information content (AvgIpc) is 3.07. The molecule has 0 aliphatic carbocycles. The third-order valence-corrected chi connectivity index (χ3v) is 4.09. The summed E-state index contributed by atoms with van der Waals surface area (Å²) in [5, 5.41) is 12.7. The third-order valence-electron chi connectivity index (χ3n) is 3.86. The molecular formula is C20H18ClNO4. The predicted octanol–water partition coefficient (Wildman–Crippen LogP) is 5.09. The minimum atomic E-state index is -0.485. The van der Waals surface area contributed by atoms with Gasteiger partial charge >= 0.3 is 0 Å². The Balaban J connectivity index is 1.67. The molecule has 0 saturated carbocycles. The zero-order valence-corrected chi connectivity index (χ0v) is 15.1. The number of carbonyl (C=O) groups excluding carboxylic acids is 1. The number of aromatic hydroxyl groups is 1. The lowest BCUT2D eigenvalue weighted by Gasteiger charge is -2.10. The normalized spacial score (nSPS) is 10.6. The van der Waals surface area contributed by atoms with Crippen molar-refractivity contribution in [1.82, 2.24) is 0 Å². The third kappa shape index (κ3) is 4.00. The van der Waals surface area contributed by atoms with E-state index < -0.39 is 5.91 Å². The number of para-hydroxylation sites is 1. The fraction of sp³-hybridized carbons (Fsp3) is 0.150. The van der Waals surface area contributed by atoms with Gasteiger partial charge in [0.05, 0.1) is 5.69 Å². The number of ether oxygens (including phenoxy) is 1. The number of aryl methyl sites for hydroxylation is 2. The van der Waals surface area contributed by atoms with Crippen molar-refractivity contribution in [3.63, 3.8) is 0 Å². The summed E-state index contributed by atoms with van der Waals surface area (Å²) >= 11 is 5.87. The molecule has 6 heteroatoms. The number of anilines is 1. The van der Waals surface area contributed by atoms with Gasteiger partial charge in [0.2, 0.25) is 0 Å². The van der Waals surface area contributed by atoms with E-state index in [1.54, 1.807) is 12.1 Å². The van der Waals surface area contributed by atoms with Crippen molar-refractivity contribution < 1.29 is 19.1 Å². The zero-order chi connectivity index (χ0) is 18.7. The Labute approximate surface area is 156 Å². The molecule has 5 nitrogen and oxygen atoms in total. The minimum Gasteiger partial charge on any atom is -0.506 e. The highest BCUT2D eigenvalue weighted by Gasteiger charge is 2.14. The number of hydrogen-bond acceptors (Lipinski definition) is 4. The maximum Gasteiger partial charge on any atom is 0.291 e. The van der Waals surface area contributed by atoms with Crippen LogP contribution in [0.1, 0.15) is 27.4 Å². The Morgan fingerprint density at radius 1 is 1.15 bits per heavy atom. The van der Waals surface area contributed by atoms with E-state index in [1.165, 1.54) is 18.2 Å². The summed E-state index contributed by atoms with van der Waals surface area (Å²) in [4.78, 5) is 12.3. The fourth-order valence-electron chi connectivity index (χ4n) is 2.54. The number of benzene rings is 2. The standard InChI is InChI=1S/C20H18ClNO4/c1-12-4-3-5-13(2)19(12)25-11-15-7-9-18(26-15)20(24)22-16-10-14(21)6-8-17(16)23/h3-10,23H,11H2,1-2H3,(H,22,24). The topological polar surface area (TPSA) is 71.7 Å². The molecule has 26 heavy (non-hydrogen) atoms. The second-order valence-electron chi connectivity index (χ2n) is 5.89. The van der Waals surface area contributed by atoms with E-state index in [0.717, 1.165) is 16.9 Å².